The Balaban J connectivity index is 2.03. The molecule has 5 nitrogen and oxygen atoms in total. The Hall–Kier alpha value is -2.17. The molecule has 0 radical (unpaired) electrons. The fraction of sp³-hybridized carbons (Fsp3) is 0.400. The van der Waals surface area contributed by atoms with E-state index >= 15 is 0 Å². The summed E-state index contributed by atoms with van der Waals surface area (Å²) in [6.45, 7) is 2.06. The van der Waals surface area contributed by atoms with Gasteiger partial charge in [-0.1, -0.05) is 18.2 Å². The lowest BCUT2D eigenvalue weighted by Gasteiger charge is -2.24. The smallest absolute Gasteiger partial charge is 0.274 e. The molecule has 3 rings (SSSR count). The zero-order chi connectivity index (χ0) is 14.3. The number of hydrogen-bond donors (Lipinski definition) is 1. The van der Waals surface area contributed by atoms with E-state index in [0.717, 1.165) is 0 Å². The zero-order valence-corrected chi connectivity index (χ0v) is 11.6. The van der Waals surface area contributed by atoms with Crippen molar-refractivity contribution in [1.29, 1.82) is 0 Å². The summed E-state index contributed by atoms with van der Waals surface area (Å²) in [6.07, 6.45) is 2.36. The highest BCUT2D eigenvalue weighted by Crippen LogP contribution is 2.35. The quantitative estimate of drug-likeness (QED) is 0.925. The molecule has 0 aliphatic heterocycles. The third-order valence-corrected chi connectivity index (χ3v) is 4.13. The normalized spacial score (nSPS) is 16.1. The largest absolute Gasteiger partial charge is 0.337 e. The first kappa shape index (κ1) is 12.8. The zero-order valence-electron chi connectivity index (χ0n) is 11.6. The van der Waals surface area contributed by atoms with Gasteiger partial charge in [-0.15, -0.1) is 0 Å². The van der Waals surface area contributed by atoms with Crippen LogP contribution in [0.25, 0.3) is 10.8 Å². The van der Waals surface area contributed by atoms with Crippen LogP contribution >= 0.6 is 0 Å². The Morgan fingerprint density at radius 1 is 1.35 bits per heavy atom. The van der Waals surface area contributed by atoms with Crippen LogP contribution in [0.5, 0.6) is 0 Å². The molecule has 20 heavy (non-hydrogen) atoms. The highest BCUT2D eigenvalue weighted by molar-refractivity contribution is 6.04. The number of nitrogens with zero attached hydrogens (tertiary/aromatic N) is 2. The lowest BCUT2D eigenvalue weighted by Crippen LogP contribution is -2.37. The number of fused-ring (bicyclic) bond motifs is 1. The molecule has 104 valence electrons. The van der Waals surface area contributed by atoms with Crippen molar-refractivity contribution >= 4 is 16.7 Å². The Morgan fingerprint density at radius 3 is 2.65 bits per heavy atom. The molecule has 2 aromatic rings. The minimum Gasteiger partial charge on any atom is -0.337 e. The molecule has 5 heteroatoms. The third kappa shape index (κ3) is 2.09. The van der Waals surface area contributed by atoms with Crippen LogP contribution in [0, 0.1) is 5.92 Å². The number of aromatic nitrogens is 2. The summed E-state index contributed by atoms with van der Waals surface area (Å²) in [5.74, 6) is 0.454. The summed E-state index contributed by atoms with van der Waals surface area (Å²) in [7, 11) is 1.80. The summed E-state index contributed by atoms with van der Waals surface area (Å²) in [6, 6.07) is 7.26. The number of nitrogens with one attached hydrogen (secondary N) is 1. The van der Waals surface area contributed by atoms with Crippen molar-refractivity contribution in [3.05, 3.63) is 40.3 Å². The number of carbonyl (C=O) groups excluding carboxylic acids is 1. The maximum absolute atomic E-state index is 12.6. The monoisotopic (exact) mass is 271 g/mol. The van der Waals surface area contributed by atoms with Gasteiger partial charge in [-0.25, -0.2) is 5.10 Å². The van der Waals surface area contributed by atoms with E-state index in [2.05, 4.69) is 17.1 Å². The van der Waals surface area contributed by atoms with Gasteiger partial charge in [0.05, 0.1) is 5.39 Å². The topological polar surface area (TPSA) is 66.1 Å². The molecule has 1 saturated carbocycles. The Labute approximate surface area is 116 Å². The molecule has 0 spiro atoms. The van der Waals surface area contributed by atoms with Crippen molar-refractivity contribution in [2.75, 3.05) is 7.05 Å². The lowest BCUT2D eigenvalue weighted by molar-refractivity contribution is 0.0722. The molecule has 1 amide bonds. The fourth-order valence-corrected chi connectivity index (χ4v) is 2.52. The molecule has 1 aliphatic rings. The van der Waals surface area contributed by atoms with Gasteiger partial charge >= 0.3 is 0 Å². The van der Waals surface area contributed by atoms with Crippen LogP contribution in [0.1, 0.15) is 30.3 Å². The second-order valence-corrected chi connectivity index (χ2v) is 5.44. The van der Waals surface area contributed by atoms with E-state index in [4.69, 9.17) is 0 Å². The summed E-state index contributed by atoms with van der Waals surface area (Å²) in [5.41, 5.74) is 0.0465. The lowest BCUT2D eigenvalue weighted by atomic mass is 10.1. The van der Waals surface area contributed by atoms with Crippen LogP contribution in [0.3, 0.4) is 0 Å². The molecule has 1 atom stereocenters. The second-order valence-electron chi connectivity index (χ2n) is 5.44. The molecule has 1 N–H and O–H groups in total. The van der Waals surface area contributed by atoms with Crippen LogP contribution in [0.4, 0.5) is 0 Å². The minimum atomic E-state index is -0.268. The van der Waals surface area contributed by atoms with Crippen molar-refractivity contribution in [2.45, 2.75) is 25.8 Å². The number of hydrogen-bond acceptors (Lipinski definition) is 3. The van der Waals surface area contributed by atoms with Crippen molar-refractivity contribution < 1.29 is 4.79 Å². The third-order valence-electron chi connectivity index (χ3n) is 4.13. The SMILES string of the molecule is C[C@H](C1CC1)N(C)C(=O)c1n[nH]c(=O)c2ccccc12. The average molecular weight is 271 g/mol. The molecule has 1 fully saturated rings. The molecule has 0 saturated heterocycles. The highest BCUT2D eigenvalue weighted by atomic mass is 16.2. The molecule has 1 aromatic heterocycles. The molecule has 1 aromatic carbocycles. The van der Waals surface area contributed by atoms with E-state index in [0.29, 0.717) is 22.4 Å². The van der Waals surface area contributed by atoms with Crippen molar-refractivity contribution in [2.24, 2.45) is 5.92 Å². The second kappa shape index (κ2) is 4.74. The molecule has 0 unspecified atom stereocenters. The first-order valence-corrected chi connectivity index (χ1v) is 6.84. The Kier molecular flexibility index (Phi) is 3.04. The van der Waals surface area contributed by atoms with Crippen molar-refractivity contribution in [3.63, 3.8) is 0 Å². The fourth-order valence-electron chi connectivity index (χ4n) is 2.52. The summed E-state index contributed by atoms with van der Waals surface area (Å²) in [4.78, 5) is 26.0. The van der Waals surface area contributed by atoms with Gasteiger partial charge in [-0.2, -0.15) is 5.10 Å². The van der Waals surface area contributed by atoms with Gasteiger partial charge in [0, 0.05) is 18.5 Å². The van der Waals surface area contributed by atoms with E-state index in [1.807, 2.05) is 6.07 Å². The number of aromatic amines is 1. The average Bonchev–Trinajstić information content (AvgIpc) is 3.30. The first-order valence-electron chi connectivity index (χ1n) is 6.84. The van der Waals surface area contributed by atoms with E-state index in [-0.39, 0.29) is 17.5 Å². The van der Waals surface area contributed by atoms with E-state index in [9.17, 15) is 9.59 Å². The Morgan fingerprint density at radius 2 is 2.00 bits per heavy atom. The van der Waals surface area contributed by atoms with Gasteiger partial charge in [0.2, 0.25) is 0 Å². The van der Waals surface area contributed by atoms with Crippen molar-refractivity contribution in [3.8, 4) is 0 Å². The van der Waals surface area contributed by atoms with Crippen LogP contribution in [0.15, 0.2) is 29.1 Å². The van der Waals surface area contributed by atoms with Gasteiger partial charge in [0.25, 0.3) is 11.5 Å². The molecular formula is C15H17N3O2. The predicted octanol–water partition coefficient (Wildman–Crippen LogP) is 1.79. The summed E-state index contributed by atoms with van der Waals surface area (Å²) >= 11 is 0. The van der Waals surface area contributed by atoms with Gasteiger partial charge in [0.1, 0.15) is 0 Å². The molecular weight excluding hydrogens is 254 g/mol. The van der Waals surface area contributed by atoms with Gasteiger partial charge in [-0.3, -0.25) is 9.59 Å². The molecule has 1 aliphatic carbocycles. The number of rotatable bonds is 3. The van der Waals surface area contributed by atoms with Crippen LogP contribution in [-0.2, 0) is 0 Å². The first-order chi connectivity index (χ1) is 9.59. The van der Waals surface area contributed by atoms with E-state index < -0.39 is 0 Å². The van der Waals surface area contributed by atoms with Crippen molar-refractivity contribution in [1.82, 2.24) is 15.1 Å². The van der Waals surface area contributed by atoms with E-state index in [1.165, 1.54) is 12.8 Å². The molecule has 0 bridgehead atoms. The maximum Gasteiger partial charge on any atom is 0.274 e. The molecule has 1 heterocycles. The summed E-state index contributed by atoms with van der Waals surface area (Å²) in [5, 5.41) is 7.48. The number of H-pyrrole nitrogens is 1. The van der Waals surface area contributed by atoms with Crippen LogP contribution in [-0.4, -0.2) is 34.1 Å². The highest BCUT2D eigenvalue weighted by Gasteiger charge is 2.33. The number of amides is 1. The number of carbonyl (C=O) groups is 1. The Bertz CT molecular complexity index is 718. The minimum absolute atomic E-state index is 0.142. The number of benzene rings is 1. The standard InChI is InChI=1S/C15H17N3O2/c1-9(10-7-8-10)18(2)15(20)13-11-5-3-4-6-12(11)14(19)17-16-13/h3-6,9-10H,7-8H2,1-2H3,(H,17,19)/t9-/m1/s1. The van der Waals surface area contributed by atoms with Gasteiger partial charge < -0.3 is 4.90 Å². The van der Waals surface area contributed by atoms with Crippen LogP contribution in [0.2, 0.25) is 0 Å². The predicted molar refractivity (Wildman–Crippen MR) is 76.6 cm³/mol. The summed E-state index contributed by atoms with van der Waals surface area (Å²) < 4.78 is 0. The van der Waals surface area contributed by atoms with Gasteiger partial charge in [0.15, 0.2) is 5.69 Å². The van der Waals surface area contributed by atoms with Crippen LogP contribution < -0.4 is 5.56 Å². The van der Waals surface area contributed by atoms with Gasteiger partial charge in [-0.05, 0) is 31.7 Å². The maximum atomic E-state index is 12.6. The van der Waals surface area contributed by atoms with E-state index in [1.54, 1.807) is 30.1 Å².